The summed E-state index contributed by atoms with van der Waals surface area (Å²) in [5.41, 5.74) is 0. The molecule has 0 spiro atoms. The van der Waals surface area contributed by atoms with Crippen molar-refractivity contribution in [3.8, 4) is 0 Å². The van der Waals surface area contributed by atoms with E-state index in [4.69, 9.17) is 4.89 Å². The molecule has 1 fully saturated rings. The summed E-state index contributed by atoms with van der Waals surface area (Å²) in [5, 5.41) is 0. The molecule has 96 valence electrons. The average molecular weight is 304 g/mol. The van der Waals surface area contributed by atoms with Crippen LogP contribution in [0, 0.1) is 5.92 Å². The summed E-state index contributed by atoms with van der Waals surface area (Å²) in [6.07, 6.45) is 11.4. The summed E-state index contributed by atoms with van der Waals surface area (Å²) >= 11 is 4.24. The Hall–Kier alpha value is 2.17. The Kier molecular flexibility index (Phi) is 12.3. The summed E-state index contributed by atoms with van der Waals surface area (Å²) in [7, 11) is 0. The third kappa shape index (κ3) is 14.4. The Bertz CT molecular complexity index is 231. The first kappa shape index (κ1) is 19.2. The van der Waals surface area contributed by atoms with Gasteiger partial charge in [-0.25, -0.2) is 0 Å². The molecular weight excluding hydrogens is 282 g/mol. The van der Waals surface area contributed by atoms with Crippen LogP contribution in [-0.2, 0) is 16.3 Å². The Morgan fingerprint density at radius 2 is 1.65 bits per heavy atom. The Morgan fingerprint density at radius 1 is 1.12 bits per heavy atom. The smallest absolute Gasteiger partial charge is 0.780 e. The van der Waals surface area contributed by atoms with E-state index in [0.29, 0.717) is 6.61 Å². The molecule has 1 unspecified atom stereocenters. The Labute approximate surface area is 152 Å². The van der Waals surface area contributed by atoms with Crippen LogP contribution in [0.3, 0.4) is 0 Å². The van der Waals surface area contributed by atoms with Crippen LogP contribution in [0.15, 0.2) is 0 Å². The topological polar surface area (TPSA) is 52.5 Å². The molecule has 0 aromatic heterocycles. The Balaban J connectivity index is 0.00000256. The average Bonchev–Trinajstić information content (AvgIpc) is 2.97. The molecular formula is C11H22KO3PS. The number of hydrogen-bond acceptors (Lipinski definition) is 3. The van der Waals surface area contributed by atoms with Gasteiger partial charge in [-0.3, -0.25) is 0 Å². The normalized spacial score (nSPS) is 18.5. The van der Waals surface area contributed by atoms with Crippen LogP contribution in [-0.4, -0.2) is 11.5 Å². The van der Waals surface area contributed by atoms with Gasteiger partial charge >= 0.3 is 51.4 Å². The van der Waals surface area contributed by atoms with Gasteiger partial charge in [0.2, 0.25) is 0 Å². The number of unbranched alkanes of at least 4 members (excludes halogenated alkanes) is 5. The molecule has 1 aliphatic carbocycles. The molecule has 17 heavy (non-hydrogen) atoms. The van der Waals surface area contributed by atoms with Crippen LogP contribution < -0.4 is 56.3 Å². The molecule has 0 amide bonds. The fourth-order valence-electron chi connectivity index (χ4n) is 1.83. The van der Waals surface area contributed by atoms with E-state index < -0.39 is 6.72 Å². The van der Waals surface area contributed by atoms with Crippen molar-refractivity contribution in [2.24, 2.45) is 5.92 Å². The molecule has 3 nitrogen and oxygen atoms in total. The predicted molar refractivity (Wildman–Crippen MR) is 67.5 cm³/mol. The van der Waals surface area contributed by atoms with Crippen LogP contribution in [0.5, 0.6) is 0 Å². The third-order valence-electron chi connectivity index (χ3n) is 2.96. The van der Waals surface area contributed by atoms with Gasteiger partial charge in [0.1, 0.15) is 6.72 Å². The first-order valence-electron chi connectivity index (χ1n) is 6.26. The van der Waals surface area contributed by atoms with E-state index in [0.717, 1.165) is 18.8 Å². The second-order valence-electron chi connectivity index (χ2n) is 4.66. The van der Waals surface area contributed by atoms with Gasteiger partial charge in [0, 0.05) is 0 Å². The first-order chi connectivity index (χ1) is 7.58. The van der Waals surface area contributed by atoms with Gasteiger partial charge in [-0.2, -0.15) is 0 Å². The van der Waals surface area contributed by atoms with Gasteiger partial charge in [0.25, 0.3) is 0 Å². The summed E-state index contributed by atoms with van der Waals surface area (Å²) < 4.78 is 4.62. The van der Waals surface area contributed by atoms with Crippen LogP contribution in [0.4, 0.5) is 0 Å². The van der Waals surface area contributed by atoms with Gasteiger partial charge in [0.05, 0.1) is 6.61 Å². The minimum atomic E-state index is -3.65. The van der Waals surface area contributed by atoms with Crippen LogP contribution in [0.2, 0.25) is 0 Å². The fraction of sp³-hybridized carbons (Fsp3) is 1.00. The maximum atomic E-state index is 10.6. The van der Waals surface area contributed by atoms with Crippen molar-refractivity contribution in [1.82, 2.24) is 0 Å². The summed E-state index contributed by atoms with van der Waals surface area (Å²) in [5.74, 6) is 1.05. The SMILES string of the molecule is [K+].[O-]P(O)(=S)OCCCCCCCCC1CC1. The van der Waals surface area contributed by atoms with Gasteiger partial charge in [-0.1, -0.05) is 63.2 Å². The van der Waals surface area contributed by atoms with E-state index in [9.17, 15) is 4.89 Å². The summed E-state index contributed by atoms with van der Waals surface area (Å²) in [6.45, 7) is -3.33. The molecule has 0 radical (unpaired) electrons. The predicted octanol–water partition coefficient (Wildman–Crippen LogP) is -0.275. The van der Waals surface area contributed by atoms with Crippen LogP contribution >= 0.6 is 6.72 Å². The van der Waals surface area contributed by atoms with Crippen molar-refractivity contribution in [2.45, 2.75) is 57.8 Å². The van der Waals surface area contributed by atoms with E-state index in [2.05, 4.69) is 16.3 Å². The molecule has 6 heteroatoms. The molecule has 1 rings (SSSR count). The largest absolute Gasteiger partial charge is 1.00 e. The van der Waals surface area contributed by atoms with Gasteiger partial charge < -0.3 is 14.3 Å². The molecule has 0 bridgehead atoms. The van der Waals surface area contributed by atoms with Crippen molar-refractivity contribution in [2.75, 3.05) is 6.61 Å². The van der Waals surface area contributed by atoms with Crippen molar-refractivity contribution in [3.05, 3.63) is 0 Å². The minimum absolute atomic E-state index is 0. The van der Waals surface area contributed by atoms with E-state index in [1.54, 1.807) is 0 Å². The zero-order valence-electron chi connectivity index (χ0n) is 10.8. The van der Waals surface area contributed by atoms with Gasteiger partial charge in [-0.15, -0.1) is 0 Å². The van der Waals surface area contributed by atoms with Crippen molar-refractivity contribution in [1.29, 1.82) is 0 Å². The quantitative estimate of drug-likeness (QED) is 0.343. The molecule has 1 atom stereocenters. The maximum absolute atomic E-state index is 10.6. The minimum Gasteiger partial charge on any atom is -0.780 e. The van der Waals surface area contributed by atoms with E-state index in [1.807, 2.05) is 0 Å². The monoisotopic (exact) mass is 304 g/mol. The molecule has 0 aliphatic heterocycles. The maximum Gasteiger partial charge on any atom is 1.00 e. The van der Waals surface area contributed by atoms with Crippen LogP contribution in [0.1, 0.15) is 57.8 Å². The molecule has 0 aromatic carbocycles. The molecule has 1 saturated carbocycles. The standard InChI is InChI=1S/C11H23O3PS.K/c12-15(13,16)14-10-6-4-2-1-3-5-7-11-8-9-11;/h11H,1-10H2,(H2,12,13,16);/q;+1/p-1. The number of rotatable bonds is 10. The molecule has 1 aliphatic rings. The van der Waals surface area contributed by atoms with E-state index in [1.165, 1.54) is 44.9 Å². The molecule has 0 heterocycles. The van der Waals surface area contributed by atoms with Crippen molar-refractivity contribution in [3.63, 3.8) is 0 Å². The number of hydrogen-bond donors (Lipinski definition) is 1. The third-order valence-corrected chi connectivity index (χ3v) is 3.78. The first-order valence-corrected chi connectivity index (χ1v) is 8.85. The Morgan fingerprint density at radius 3 is 2.18 bits per heavy atom. The summed E-state index contributed by atoms with van der Waals surface area (Å²) in [6, 6.07) is 0. The van der Waals surface area contributed by atoms with Crippen molar-refractivity contribution < 1.29 is 65.7 Å². The summed E-state index contributed by atoms with van der Waals surface area (Å²) in [4.78, 5) is 19.3. The fourth-order valence-corrected chi connectivity index (χ4v) is 2.41. The second kappa shape index (κ2) is 10.9. The zero-order chi connectivity index (χ0) is 11.9. The van der Waals surface area contributed by atoms with Crippen molar-refractivity contribution >= 4 is 18.5 Å². The van der Waals surface area contributed by atoms with Crippen LogP contribution in [0.25, 0.3) is 0 Å². The molecule has 1 N–H and O–H groups in total. The van der Waals surface area contributed by atoms with E-state index in [-0.39, 0.29) is 51.4 Å². The molecule has 0 saturated heterocycles. The van der Waals surface area contributed by atoms with Gasteiger partial charge in [-0.05, 0) is 12.3 Å². The second-order valence-corrected chi connectivity index (χ2v) is 7.23. The van der Waals surface area contributed by atoms with E-state index >= 15 is 0 Å². The zero-order valence-corrected chi connectivity index (χ0v) is 15.6. The molecule has 0 aromatic rings. The van der Waals surface area contributed by atoms with Gasteiger partial charge in [0.15, 0.2) is 0 Å².